The van der Waals surface area contributed by atoms with Crippen molar-refractivity contribution < 1.29 is 9.90 Å². The van der Waals surface area contributed by atoms with Crippen LogP contribution in [-0.4, -0.2) is 37.2 Å². The van der Waals surface area contributed by atoms with E-state index < -0.39 is 5.25 Å². The number of para-hydroxylation sites is 2. The first kappa shape index (κ1) is 24.5. The number of rotatable bonds is 9. The van der Waals surface area contributed by atoms with Gasteiger partial charge in [-0.25, -0.2) is 5.43 Å². The van der Waals surface area contributed by atoms with E-state index in [2.05, 4.69) is 42.0 Å². The predicted octanol–water partition coefficient (Wildman–Crippen LogP) is 4.98. The van der Waals surface area contributed by atoms with Gasteiger partial charge in [-0.1, -0.05) is 64.1 Å². The van der Waals surface area contributed by atoms with E-state index in [4.69, 9.17) is 0 Å². The molecule has 1 aromatic heterocycles. The van der Waals surface area contributed by atoms with Crippen LogP contribution < -0.4 is 10.7 Å². The van der Waals surface area contributed by atoms with Crippen molar-refractivity contribution in [3.63, 3.8) is 0 Å². The molecule has 3 aromatic carbocycles. The molecule has 3 N–H and O–H groups in total. The lowest BCUT2D eigenvalue weighted by molar-refractivity contribution is -0.120. The second-order valence-corrected chi connectivity index (χ2v) is 9.71. The van der Waals surface area contributed by atoms with Crippen LogP contribution in [0.3, 0.4) is 0 Å². The van der Waals surface area contributed by atoms with Gasteiger partial charge >= 0.3 is 0 Å². The fraction of sp³-hybridized carbons (Fsp3) is 0.120. The van der Waals surface area contributed by atoms with Crippen LogP contribution in [0, 0.1) is 0 Å². The number of carbonyl (C=O) groups excluding carboxylic acids is 1. The molecule has 0 spiro atoms. The van der Waals surface area contributed by atoms with Gasteiger partial charge in [0, 0.05) is 21.4 Å². The molecule has 8 nitrogen and oxygen atoms in total. The molecule has 0 aliphatic carbocycles. The van der Waals surface area contributed by atoms with E-state index in [1.807, 2.05) is 65.2 Å². The molecule has 178 valence electrons. The number of thioether (sulfide) groups is 1. The van der Waals surface area contributed by atoms with Crippen LogP contribution in [0.1, 0.15) is 18.3 Å². The Bertz CT molecular complexity index is 1310. The first-order valence-corrected chi connectivity index (χ1v) is 12.5. The first-order chi connectivity index (χ1) is 17.0. The summed E-state index contributed by atoms with van der Waals surface area (Å²) in [4.78, 5) is 12.7. The highest BCUT2D eigenvalue weighted by atomic mass is 79.9. The van der Waals surface area contributed by atoms with Crippen LogP contribution in [0.5, 0.6) is 5.75 Å². The molecular formula is C25H23BrN6O2S. The van der Waals surface area contributed by atoms with Crippen molar-refractivity contribution in [3.8, 4) is 11.4 Å². The van der Waals surface area contributed by atoms with Crippen LogP contribution in [-0.2, 0) is 11.3 Å². The smallest absolute Gasteiger partial charge is 0.253 e. The van der Waals surface area contributed by atoms with Gasteiger partial charge in [-0.3, -0.25) is 9.36 Å². The number of halogens is 1. The van der Waals surface area contributed by atoms with Gasteiger partial charge in [0.2, 0.25) is 0 Å². The number of benzene rings is 3. The third-order valence-corrected chi connectivity index (χ3v) is 6.49. The SMILES string of the molecule is CC(Sc1nnc(CNc2ccccc2)n1-c1ccccc1)C(=O)NN=Cc1cc(Br)ccc1O. The molecule has 0 aliphatic rings. The third-order valence-electron chi connectivity index (χ3n) is 4.96. The van der Waals surface area contributed by atoms with Crippen LogP contribution in [0.4, 0.5) is 5.69 Å². The normalized spacial score (nSPS) is 11.9. The zero-order valence-corrected chi connectivity index (χ0v) is 21.2. The van der Waals surface area contributed by atoms with Gasteiger partial charge in [-0.15, -0.1) is 10.2 Å². The zero-order valence-electron chi connectivity index (χ0n) is 18.8. The summed E-state index contributed by atoms with van der Waals surface area (Å²) in [5.74, 6) is 0.492. The molecule has 1 amide bonds. The maximum Gasteiger partial charge on any atom is 0.253 e. The van der Waals surface area contributed by atoms with Crippen molar-refractivity contribution in [3.05, 3.63) is 94.7 Å². The van der Waals surface area contributed by atoms with Crippen molar-refractivity contribution in [2.45, 2.75) is 23.9 Å². The molecule has 1 atom stereocenters. The van der Waals surface area contributed by atoms with Gasteiger partial charge in [0.15, 0.2) is 11.0 Å². The Morgan fingerprint density at radius 3 is 2.57 bits per heavy atom. The van der Waals surface area contributed by atoms with Gasteiger partial charge in [0.25, 0.3) is 5.91 Å². The number of phenolic OH excluding ortho intramolecular Hbond substituents is 1. The summed E-state index contributed by atoms with van der Waals surface area (Å²) in [6, 6.07) is 24.6. The largest absolute Gasteiger partial charge is 0.507 e. The topological polar surface area (TPSA) is 104 Å². The minimum Gasteiger partial charge on any atom is -0.507 e. The monoisotopic (exact) mass is 550 g/mol. The van der Waals surface area contributed by atoms with E-state index in [-0.39, 0.29) is 11.7 Å². The fourth-order valence-electron chi connectivity index (χ4n) is 3.16. The van der Waals surface area contributed by atoms with E-state index >= 15 is 0 Å². The number of hydrazone groups is 1. The molecule has 4 aromatic rings. The van der Waals surface area contributed by atoms with Crippen LogP contribution >= 0.6 is 27.7 Å². The Balaban J connectivity index is 1.47. The minimum absolute atomic E-state index is 0.0706. The number of aromatic nitrogens is 3. The molecule has 1 unspecified atom stereocenters. The molecule has 0 radical (unpaired) electrons. The average Bonchev–Trinajstić information content (AvgIpc) is 3.28. The average molecular weight is 551 g/mol. The maximum atomic E-state index is 12.7. The molecule has 0 fully saturated rings. The van der Waals surface area contributed by atoms with E-state index in [1.165, 1.54) is 18.0 Å². The molecule has 35 heavy (non-hydrogen) atoms. The highest BCUT2D eigenvalue weighted by Crippen LogP contribution is 2.26. The maximum absolute atomic E-state index is 12.7. The molecule has 4 rings (SSSR count). The number of anilines is 1. The van der Waals surface area contributed by atoms with Crippen molar-refractivity contribution in [1.29, 1.82) is 0 Å². The third kappa shape index (κ3) is 6.49. The molecule has 1 heterocycles. The van der Waals surface area contributed by atoms with Gasteiger partial charge in [-0.05, 0) is 49.4 Å². The van der Waals surface area contributed by atoms with E-state index in [1.54, 1.807) is 25.1 Å². The Morgan fingerprint density at radius 2 is 1.83 bits per heavy atom. The Labute approximate surface area is 215 Å². The summed E-state index contributed by atoms with van der Waals surface area (Å²) in [6.45, 7) is 2.24. The summed E-state index contributed by atoms with van der Waals surface area (Å²) < 4.78 is 2.73. The summed E-state index contributed by atoms with van der Waals surface area (Å²) in [7, 11) is 0. The van der Waals surface area contributed by atoms with E-state index in [9.17, 15) is 9.90 Å². The minimum atomic E-state index is -0.496. The van der Waals surface area contributed by atoms with Crippen LogP contribution in [0.15, 0.2) is 93.6 Å². The second kappa shape index (κ2) is 11.7. The lowest BCUT2D eigenvalue weighted by atomic mass is 10.2. The molecule has 0 bridgehead atoms. The molecule has 0 saturated carbocycles. The van der Waals surface area contributed by atoms with Crippen molar-refractivity contribution in [2.75, 3.05) is 5.32 Å². The van der Waals surface area contributed by atoms with Gasteiger partial charge < -0.3 is 10.4 Å². The highest BCUT2D eigenvalue weighted by Gasteiger charge is 2.21. The number of amides is 1. The lowest BCUT2D eigenvalue weighted by Crippen LogP contribution is -2.27. The van der Waals surface area contributed by atoms with Crippen molar-refractivity contribution >= 4 is 45.5 Å². The Hall–Kier alpha value is -3.63. The Morgan fingerprint density at radius 1 is 1.11 bits per heavy atom. The number of nitrogens with one attached hydrogen (secondary N) is 2. The summed E-state index contributed by atoms with van der Waals surface area (Å²) in [6.07, 6.45) is 1.40. The van der Waals surface area contributed by atoms with E-state index in [0.717, 1.165) is 21.7 Å². The number of phenols is 1. The number of aromatic hydroxyl groups is 1. The fourth-order valence-corrected chi connectivity index (χ4v) is 4.42. The number of hydrogen-bond acceptors (Lipinski definition) is 7. The zero-order chi connectivity index (χ0) is 24.6. The van der Waals surface area contributed by atoms with Gasteiger partial charge in [0.05, 0.1) is 18.0 Å². The number of carbonyl (C=O) groups is 1. The van der Waals surface area contributed by atoms with Gasteiger partial charge in [0.1, 0.15) is 5.75 Å². The number of nitrogens with zero attached hydrogens (tertiary/aromatic N) is 4. The summed E-state index contributed by atoms with van der Waals surface area (Å²) in [5, 5.41) is 26.1. The summed E-state index contributed by atoms with van der Waals surface area (Å²) in [5.41, 5.74) is 4.89. The van der Waals surface area contributed by atoms with E-state index in [0.29, 0.717) is 17.3 Å². The molecule has 0 saturated heterocycles. The van der Waals surface area contributed by atoms with Crippen molar-refractivity contribution in [2.24, 2.45) is 5.10 Å². The second-order valence-electron chi connectivity index (χ2n) is 7.49. The highest BCUT2D eigenvalue weighted by molar-refractivity contribution is 9.10. The number of hydrogen-bond donors (Lipinski definition) is 3. The summed E-state index contributed by atoms with van der Waals surface area (Å²) >= 11 is 4.63. The molecular weight excluding hydrogens is 528 g/mol. The quantitative estimate of drug-likeness (QED) is 0.154. The first-order valence-electron chi connectivity index (χ1n) is 10.8. The predicted molar refractivity (Wildman–Crippen MR) is 142 cm³/mol. The standard InChI is InChI=1S/C25H23BrN6O2S/c1-17(24(34)30-28-15-18-14-19(26)12-13-22(18)33)35-25-31-29-23(16-27-20-8-4-2-5-9-20)32(25)21-10-6-3-7-11-21/h2-15,17,27,33H,16H2,1H3,(H,30,34). The lowest BCUT2D eigenvalue weighted by Gasteiger charge is -2.13. The van der Waals surface area contributed by atoms with Crippen molar-refractivity contribution in [1.82, 2.24) is 20.2 Å². The molecule has 10 heteroatoms. The Kier molecular flexibility index (Phi) is 8.17. The van der Waals surface area contributed by atoms with Crippen LogP contribution in [0.25, 0.3) is 5.69 Å². The molecule has 0 aliphatic heterocycles. The van der Waals surface area contributed by atoms with Gasteiger partial charge in [-0.2, -0.15) is 5.10 Å². The van der Waals surface area contributed by atoms with Crippen LogP contribution in [0.2, 0.25) is 0 Å².